The first-order valence-electron chi connectivity index (χ1n) is 5.86. The van der Waals surface area contributed by atoms with Crippen LogP contribution in [0.1, 0.15) is 45.1 Å². The second-order valence-electron chi connectivity index (χ2n) is 5.69. The van der Waals surface area contributed by atoms with E-state index in [0.717, 1.165) is 12.8 Å². The van der Waals surface area contributed by atoms with Gasteiger partial charge in [0.1, 0.15) is 0 Å². The molecule has 1 fully saturated rings. The SMILES string of the molecule is [B]C1(c2ccccc2)CCC(C)(C)CC1. The molecule has 78 valence electrons. The van der Waals surface area contributed by atoms with Crippen LogP contribution in [0.4, 0.5) is 0 Å². The van der Waals surface area contributed by atoms with Crippen LogP contribution in [-0.2, 0) is 5.31 Å². The zero-order chi connectivity index (χ0) is 10.9. The minimum atomic E-state index is -0.0726. The van der Waals surface area contributed by atoms with Gasteiger partial charge in [0, 0.05) is 0 Å². The molecular formula is C14H19B. The van der Waals surface area contributed by atoms with Crippen molar-refractivity contribution in [2.45, 2.75) is 44.8 Å². The van der Waals surface area contributed by atoms with E-state index < -0.39 is 0 Å². The van der Waals surface area contributed by atoms with E-state index >= 15 is 0 Å². The molecule has 0 atom stereocenters. The van der Waals surface area contributed by atoms with Gasteiger partial charge in [0.15, 0.2) is 0 Å². The molecule has 0 aliphatic heterocycles. The first kappa shape index (κ1) is 10.8. The molecule has 1 aliphatic rings. The minimum absolute atomic E-state index is 0.0726. The van der Waals surface area contributed by atoms with Crippen molar-refractivity contribution in [1.29, 1.82) is 0 Å². The molecule has 0 unspecified atom stereocenters. The van der Waals surface area contributed by atoms with Crippen LogP contribution >= 0.6 is 0 Å². The predicted octanol–water partition coefficient (Wildman–Crippen LogP) is 3.65. The Bertz CT molecular complexity index is 316. The van der Waals surface area contributed by atoms with E-state index in [-0.39, 0.29) is 5.31 Å². The average Bonchev–Trinajstić information content (AvgIpc) is 2.24. The highest BCUT2D eigenvalue weighted by Crippen LogP contribution is 2.44. The van der Waals surface area contributed by atoms with Crippen molar-refractivity contribution in [2.24, 2.45) is 5.41 Å². The normalized spacial score (nSPS) is 23.6. The lowest BCUT2D eigenvalue weighted by atomic mass is 9.53. The molecule has 2 radical (unpaired) electrons. The summed E-state index contributed by atoms with van der Waals surface area (Å²) in [6.45, 7) is 4.69. The lowest BCUT2D eigenvalue weighted by Gasteiger charge is -2.42. The monoisotopic (exact) mass is 198 g/mol. The van der Waals surface area contributed by atoms with Crippen molar-refractivity contribution in [3.8, 4) is 0 Å². The molecule has 1 aliphatic carbocycles. The first-order valence-corrected chi connectivity index (χ1v) is 5.86. The van der Waals surface area contributed by atoms with Crippen LogP contribution in [0.15, 0.2) is 30.3 Å². The van der Waals surface area contributed by atoms with Crippen LogP contribution in [-0.4, -0.2) is 7.85 Å². The zero-order valence-corrected chi connectivity index (χ0v) is 9.79. The van der Waals surface area contributed by atoms with E-state index in [1.165, 1.54) is 18.4 Å². The summed E-state index contributed by atoms with van der Waals surface area (Å²) in [4.78, 5) is 0. The van der Waals surface area contributed by atoms with Crippen molar-refractivity contribution in [1.82, 2.24) is 0 Å². The lowest BCUT2D eigenvalue weighted by molar-refractivity contribution is 0.206. The fourth-order valence-corrected chi connectivity index (χ4v) is 2.43. The predicted molar refractivity (Wildman–Crippen MR) is 66.1 cm³/mol. The van der Waals surface area contributed by atoms with Crippen molar-refractivity contribution in [3.63, 3.8) is 0 Å². The van der Waals surface area contributed by atoms with E-state index in [4.69, 9.17) is 7.85 Å². The van der Waals surface area contributed by atoms with Crippen molar-refractivity contribution < 1.29 is 0 Å². The van der Waals surface area contributed by atoms with Gasteiger partial charge in [-0.3, -0.25) is 0 Å². The lowest BCUT2D eigenvalue weighted by Crippen LogP contribution is -2.35. The summed E-state index contributed by atoms with van der Waals surface area (Å²) in [5.74, 6) is 0. The van der Waals surface area contributed by atoms with E-state index in [1.807, 2.05) is 0 Å². The molecule has 0 bridgehead atoms. The Morgan fingerprint density at radius 3 is 2.00 bits per heavy atom. The molecule has 0 nitrogen and oxygen atoms in total. The van der Waals surface area contributed by atoms with Crippen LogP contribution in [0.5, 0.6) is 0 Å². The summed E-state index contributed by atoms with van der Waals surface area (Å²) >= 11 is 0. The summed E-state index contributed by atoms with van der Waals surface area (Å²) in [6, 6.07) is 10.6. The Morgan fingerprint density at radius 1 is 0.933 bits per heavy atom. The van der Waals surface area contributed by atoms with E-state index in [1.54, 1.807) is 0 Å². The maximum Gasteiger partial charge on any atom is 0.0810 e. The van der Waals surface area contributed by atoms with Crippen molar-refractivity contribution >= 4 is 7.85 Å². The summed E-state index contributed by atoms with van der Waals surface area (Å²) < 4.78 is 0. The van der Waals surface area contributed by atoms with Gasteiger partial charge in [-0.15, -0.1) is 0 Å². The number of hydrogen-bond acceptors (Lipinski definition) is 0. The Hall–Kier alpha value is -0.715. The second-order valence-corrected chi connectivity index (χ2v) is 5.69. The Labute approximate surface area is 94.5 Å². The average molecular weight is 198 g/mol. The molecule has 0 saturated heterocycles. The molecular weight excluding hydrogens is 179 g/mol. The van der Waals surface area contributed by atoms with Gasteiger partial charge in [-0.2, -0.15) is 0 Å². The Kier molecular flexibility index (Phi) is 2.66. The smallest absolute Gasteiger partial charge is 0.0622 e. The molecule has 1 saturated carbocycles. The molecule has 0 amide bonds. The van der Waals surface area contributed by atoms with Crippen LogP contribution in [0.3, 0.4) is 0 Å². The van der Waals surface area contributed by atoms with Gasteiger partial charge >= 0.3 is 0 Å². The molecule has 1 aromatic carbocycles. The number of benzene rings is 1. The highest BCUT2D eigenvalue weighted by atomic mass is 14.4. The molecule has 1 heteroatoms. The van der Waals surface area contributed by atoms with Gasteiger partial charge in [-0.1, -0.05) is 62.6 Å². The maximum absolute atomic E-state index is 6.50. The molecule has 2 rings (SSSR count). The van der Waals surface area contributed by atoms with Crippen molar-refractivity contribution in [3.05, 3.63) is 35.9 Å². The number of hydrogen-bond donors (Lipinski definition) is 0. The third kappa shape index (κ3) is 2.27. The number of rotatable bonds is 1. The van der Waals surface area contributed by atoms with Gasteiger partial charge < -0.3 is 0 Å². The third-order valence-electron chi connectivity index (χ3n) is 3.84. The summed E-state index contributed by atoms with van der Waals surface area (Å²) in [6.07, 6.45) is 4.70. The van der Waals surface area contributed by atoms with Gasteiger partial charge in [0.25, 0.3) is 0 Å². The van der Waals surface area contributed by atoms with Crippen LogP contribution in [0.25, 0.3) is 0 Å². The molecule has 0 heterocycles. The Balaban J connectivity index is 2.17. The zero-order valence-electron chi connectivity index (χ0n) is 9.79. The molecule has 0 spiro atoms. The molecule has 0 N–H and O–H groups in total. The van der Waals surface area contributed by atoms with Crippen LogP contribution < -0.4 is 0 Å². The van der Waals surface area contributed by atoms with E-state index in [9.17, 15) is 0 Å². The minimum Gasteiger partial charge on any atom is -0.0622 e. The molecule has 1 aromatic rings. The highest BCUT2D eigenvalue weighted by Gasteiger charge is 2.35. The second kappa shape index (κ2) is 3.70. The van der Waals surface area contributed by atoms with Crippen LogP contribution in [0.2, 0.25) is 0 Å². The highest BCUT2D eigenvalue weighted by molar-refractivity contribution is 6.16. The fraction of sp³-hybridized carbons (Fsp3) is 0.571. The fourth-order valence-electron chi connectivity index (χ4n) is 2.43. The summed E-state index contributed by atoms with van der Waals surface area (Å²) in [5, 5.41) is -0.0726. The third-order valence-corrected chi connectivity index (χ3v) is 3.84. The van der Waals surface area contributed by atoms with Gasteiger partial charge in [-0.25, -0.2) is 0 Å². The van der Waals surface area contributed by atoms with Crippen LogP contribution in [0, 0.1) is 5.41 Å². The van der Waals surface area contributed by atoms with E-state index in [2.05, 4.69) is 44.2 Å². The first-order chi connectivity index (χ1) is 7.02. The van der Waals surface area contributed by atoms with E-state index in [0.29, 0.717) is 5.41 Å². The topological polar surface area (TPSA) is 0 Å². The summed E-state index contributed by atoms with van der Waals surface area (Å²) in [7, 11) is 6.50. The molecule has 0 aromatic heterocycles. The summed E-state index contributed by atoms with van der Waals surface area (Å²) in [5.41, 5.74) is 1.79. The van der Waals surface area contributed by atoms with Crippen molar-refractivity contribution in [2.75, 3.05) is 0 Å². The molecule has 15 heavy (non-hydrogen) atoms. The Morgan fingerprint density at radius 2 is 1.47 bits per heavy atom. The quantitative estimate of drug-likeness (QED) is 0.604. The van der Waals surface area contributed by atoms with Gasteiger partial charge in [0.05, 0.1) is 7.85 Å². The maximum atomic E-state index is 6.50. The van der Waals surface area contributed by atoms with Gasteiger partial charge in [0.2, 0.25) is 0 Å². The standard InChI is InChI=1S/C14H19B/c1-13(2)8-10-14(15,11-9-13)12-6-4-3-5-7-12/h3-7H,8-11H2,1-2H3. The van der Waals surface area contributed by atoms with Gasteiger partial charge in [-0.05, 0) is 23.6 Å². The largest absolute Gasteiger partial charge is 0.0810 e.